The van der Waals surface area contributed by atoms with E-state index in [1.165, 1.54) is 6.20 Å². The predicted molar refractivity (Wildman–Crippen MR) is 56.5 cm³/mol. The molecule has 0 bridgehead atoms. The van der Waals surface area contributed by atoms with Crippen molar-refractivity contribution in [2.45, 2.75) is 31.2 Å². The Bertz CT molecular complexity index is 361. The molecule has 76 valence electrons. The van der Waals surface area contributed by atoms with E-state index in [0.717, 1.165) is 17.3 Å². The van der Waals surface area contributed by atoms with Crippen LogP contribution in [0, 0.1) is 5.95 Å². The molecule has 1 heterocycles. The van der Waals surface area contributed by atoms with Crippen LogP contribution in [0.1, 0.15) is 25.3 Å². The topological polar surface area (TPSA) is 38.9 Å². The number of nitrogens with zero attached hydrogens (tertiary/aromatic N) is 1. The standard InChI is InChI=1S/C10H12BrFN2/c1-6(13)10(2-3-10)8-4-7(11)5-14-9(8)12/h4-6H,2-3,13H2,1H3. The van der Waals surface area contributed by atoms with Crippen LogP contribution in [0.25, 0.3) is 0 Å². The Balaban J connectivity index is 2.46. The van der Waals surface area contributed by atoms with Gasteiger partial charge in [-0.2, -0.15) is 4.39 Å². The number of halogens is 2. The van der Waals surface area contributed by atoms with E-state index in [-0.39, 0.29) is 17.4 Å². The van der Waals surface area contributed by atoms with Crippen LogP contribution in [0.15, 0.2) is 16.7 Å². The molecule has 0 radical (unpaired) electrons. The van der Waals surface area contributed by atoms with Gasteiger partial charge in [-0.1, -0.05) is 0 Å². The molecule has 0 spiro atoms. The Kier molecular flexibility index (Phi) is 2.35. The van der Waals surface area contributed by atoms with E-state index in [1.54, 1.807) is 6.07 Å². The lowest BCUT2D eigenvalue weighted by atomic mass is 9.90. The first-order chi connectivity index (χ1) is 6.56. The Morgan fingerprint density at radius 1 is 1.64 bits per heavy atom. The van der Waals surface area contributed by atoms with Gasteiger partial charge in [0.1, 0.15) is 0 Å². The maximum absolute atomic E-state index is 13.5. The normalized spacial score (nSPS) is 20.6. The van der Waals surface area contributed by atoms with Gasteiger partial charge < -0.3 is 5.73 Å². The highest BCUT2D eigenvalue weighted by molar-refractivity contribution is 9.10. The monoisotopic (exact) mass is 258 g/mol. The minimum atomic E-state index is -0.386. The van der Waals surface area contributed by atoms with Crippen molar-refractivity contribution in [1.29, 1.82) is 0 Å². The fourth-order valence-corrected chi connectivity index (χ4v) is 2.21. The van der Waals surface area contributed by atoms with E-state index in [4.69, 9.17) is 5.73 Å². The van der Waals surface area contributed by atoms with Crippen molar-refractivity contribution >= 4 is 15.9 Å². The summed E-state index contributed by atoms with van der Waals surface area (Å²) in [5.41, 5.74) is 6.36. The zero-order chi connectivity index (χ0) is 10.3. The molecule has 0 saturated heterocycles. The summed E-state index contributed by atoms with van der Waals surface area (Å²) < 4.78 is 14.3. The zero-order valence-electron chi connectivity index (χ0n) is 7.93. The summed E-state index contributed by atoms with van der Waals surface area (Å²) >= 11 is 3.30. The summed E-state index contributed by atoms with van der Waals surface area (Å²) in [4.78, 5) is 3.70. The van der Waals surface area contributed by atoms with Crippen LogP contribution in [0.5, 0.6) is 0 Å². The highest BCUT2D eigenvalue weighted by atomic mass is 79.9. The smallest absolute Gasteiger partial charge is 0.216 e. The van der Waals surface area contributed by atoms with Crippen molar-refractivity contribution in [3.8, 4) is 0 Å². The molecular formula is C10H12BrFN2. The summed E-state index contributed by atoms with van der Waals surface area (Å²) in [6.07, 6.45) is 3.38. The molecule has 0 aliphatic heterocycles. The molecule has 2 N–H and O–H groups in total. The SMILES string of the molecule is CC(N)C1(c2cc(Br)cnc2F)CC1. The van der Waals surface area contributed by atoms with Gasteiger partial charge in [0.2, 0.25) is 5.95 Å². The molecule has 1 saturated carbocycles. The minimum absolute atomic E-state index is 0.0203. The second-order valence-corrected chi connectivity index (χ2v) is 4.85. The van der Waals surface area contributed by atoms with Gasteiger partial charge in [0.05, 0.1) is 0 Å². The summed E-state index contributed by atoms with van der Waals surface area (Å²) in [5.74, 6) is -0.386. The quantitative estimate of drug-likeness (QED) is 0.828. The van der Waals surface area contributed by atoms with Gasteiger partial charge in [0, 0.05) is 27.7 Å². The summed E-state index contributed by atoms with van der Waals surface area (Å²) in [7, 11) is 0. The largest absolute Gasteiger partial charge is 0.327 e. The fourth-order valence-electron chi connectivity index (χ4n) is 1.88. The van der Waals surface area contributed by atoms with Crippen molar-refractivity contribution in [2.75, 3.05) is 0 Å². The lowest BCUT2D eigenvalue weighted by Gasteiger charge is -2.20. The molecule has 1 aromatic rings. The van der Waals surface area contributed by atoms with Gasteiger partial charge >= 0.3 is 0 Å². The fraction of sp³-hybridized carbons (Fsp3) is 0.500. The van der Waals surface area contributed by atoms with Gasteiger partial charge in [-0.05, 0) is 41.8 Å². The van der Waals surface area contributed by atoms with Crippen molar-refractivity contribution < 1.29 is 4.39 Å². The van der Waals surface area contributed by atoms with Gasteiger partial charge in [0.25, 0.3) is 0 Å². The predicted octanol–water partition coefficient (Wildman–Crippen LogP) is 2.36. The molecule has 14 heavy (non-hydrogen) atoms. The average molecular weight is 259 g/mol. The lowest BCUT2D eigenvalue weighted by molar-refractivity contribution is 0.492. The number of pyridine rings is 1. The molecule has 2 rings (SSSR count). The lowest BCUT2D eigenvalue weighted by Crippen LogP contribution is -2.32. The van der Waals surface area contributed by atoms with Crippen molar-refractivity contribution in [2.24, 2.45) is 5.73 Å². The third-order valence-electron chi connectivity index (χ3n) is 3.00. The maximum Gasteiger partial charge on any atom is 0.216 e. The third-order valence-corrected chi connectivity index (χ3v) is 3.44. The number of hydrogen-bond donors (Lipinski definition) is 1. The summed E-state index contributed by atoms with van der Waals surface area (Å²) in [6, 6.07) is 1.77. The van der Waals surface area contributed by atoms with Crippen LogP contribution >= 0.6 is 15.9 Å². The molecule has 1 aliphatic rings. The molecule has 1 unspecified atom stereocenters. The molecule has 1 atom stereocenters. The number of nitrogens with two attached hydrogens (primary N) is 1. The first-order valence-electron chi connectivity index (χ1n) is 4.63. The number of aromatic nitrogens is 1. The highest BCUT2D eigenvalue weighted by Gasteiger charge is 2.49. The van der Waals surface area contributed by atoms with Gasteiger partial charge in [-0.15, -0.1) is 0 Å². The second-order valence-electron chi connectivity index (χ2n) is 3.94. The number of rotatable bonds is 2. The van der Waals surface area contributed by atoms with Crippen molar-refractivity contribution in [3.05, 3.63) is 28.2 Å². The van der Waals surface area contributed by atoms with Crippen LogP contribution in [0.2, 0.25) is 0 Å². The van der Waals surface area contributed by atoms with Crippen molar-refractivity contribution in [1.82, 2.24) is 4.98 Å². The van der Waals surface area contributed by atoms with Crippen molar-refractivity contribution in [3.63, 3.8) is 0 Å². The Hall–Kier alpha value is -0.480. The Morgan fingerprint density at radius 2 is 2.29 bits per heavy atom. The van der Waals surface area contributed by atoms with Gasteiger partial charge in [-0.3, -0.25) is 0 Å². The minimum Gasteiger partial charge on any atom is -0.327 e. The van der Waals surface area contributed by atoms with Crippen LogP contribution in [-0.2, 0) is 5.41 Å². The molecule has 0 aromatic carbocycles. The summed E-state index contributed by atoms with van der Waals surface area (Å²) in [6.45, 7) is 1.92. The first-order valence-corrected chi connectivity index (χ1v) is 5.43. The Morgan fingerprint density at radius 3 is 2.79 bits per heavy atom. The van der Waals surface area contributed by atoms with Crippen LogP contribution in [-0.4, -0.2) is 11.0 Å². The summed E-state index contributed by atoms with van der Waals surface area (Å²) in [5, 5.41) is 0. The average Bonchev–Trinajstić information content (AvgIpc) is 2.90. The van der Waals surface area contributed by atoms with E-state index in [0.29, 0.717) is 5.56 Å². The van der Waals surface area contributed by atoms with E-state index in [9.17, 15) is 4.39 Å². The molecule has 2 nitrogen and oxygen atoms in total. The third kappa shape index (κ3) is 1.46. The van der Waals surface area contributed by atoms with Crippen LogP contribution < -0.4 is 5.73 Å². The van der Waals surface area contributed by atoms with E-state index < -0.39 is 0 Å². The van der Waals surface area contributed by atoms with E-state index in [1.807, 2.05) is 6.92 Å². The second kappa shape index (κ2) is 3.28. The Labute approximate surface area is 90.8 Å². The van der Waals surface area contributed by atoms with Crippen LogP contribution in [0.4, 0.5) is 4.39 Å². The maximum atomic E-state index is 13.5. The molecule has 0 amide bonds. The zero-order valence-corrected chi connectivity index (χ0v) is 9.51. The molecule has 1 fully saturated rings. The van der Waals surface area contributed by atoms with Crippen LogP contribution in [0.3, 0.4) is 0 Å². The van der Waals surface area contributed by atoms with E-state index in [2.05, 4.69) is 20.9 Å². The molecule has 1 aliphatic carbocycles. The molecular weight excluding hydrogens is 247 g/mol. The number of hydrogen-bond acceptors (Lipinski definition) is 2. The van der Waals surface area contributed by atoms with Gasteiger partial charge in [-0.25, -0.2) is 4.98 Å². The van der Waals surface area contributed by atoms with Gasteiger partial charge in [0.15, 0.2) is 0 Å². The molecule has 4 heteroatoms. The van der Waals surface area contributed by atoms with E-state index >= 15 is 0 Å². The first kappa shape index (κ1) is 10.1. The highest BCUT2D eigenvalue weighted by Crippen LogP contribution is 2.51. The molecule has 1 aromatic heterocycles.